The lowest BCUT2D eigenvalue weighted by molar-refractivity contribution is 0.137. The molecule has 0 spiro atoms. The van der Waals surface area contributed by atoms with Crippen molar-refractivity contribution < 1.29 is 20.1 Å². The second-order valence-electron chi connectivity index (χ2n) is 0.465. The monoisotopic (exact) mass is 109 g/mol. The minimum Gasteiger partial charge on any atom is -0.450 e. The van der Waals surface area contributed by atoms with Gasteiger partial charge in [-0.15, -0.1) is 0 Å². The molecule has 0 saturated carbocycles. The van der Waals surface area contributed by atoms with Crippen LogP contribution in [-0.4, -0.2) is 28.2 Å². The van der Waals surface area contributed by atoms with Gasteiger partial charge in [-0.25, -0.2) is 4.79 Å². The van der Waals surface area contributed by atoms with Crippen LogP contribution >= 0.6 is 0 Å². The van der Waals surface area contributed by atoms with Crippen molar-refractivity contribution in [2.24, 2.45) is 5.73 Å². The molecule has 0 aliphatic heterocycles. The van der Waals surface area contributed by atoms with Crippen LogP contribution in [0, 0.1) is 0 Å². The minimum absolute atomic E-state index is 0.250. The van der Waals surface area contributed by atoms with Crippen molar-refractivity contribution in [1.82, 2.24) is 0 Å². The normalized spacial score (nSPS) is 6.00. The molecule has 0 unspecified atom stereocenters. The molecule has 0 atom stereocenters. The number of carbonyl (C=O) groups is 1. The van der Waals surface area contributed by atoms with E-state index in [1.165, 1.54) is 0 Å². The molecule has 0 rings (SSSR count). The summed E-state index contributed by atoms with van der Waals surface area (Å²) < 4.78 is 0. The van der Waals surface area contributed by atoms with E-state index >= 15 is 0 Å². The predicted octanol–water partition coefficient (Wildman–Crippen LogP) is -0.883. The summed E-state index contributed by atoms with van der Waals surface area (Å²) in [7, 11) is 0. The minimum atomic E-state index is -1.83. The van der Waals surface area contributed by atoms with E-state index in [4.69, 9.17) is 20.1 Å². The van der Waals surface area contributed by atoms with E-state index < -0.39 is 6.16 Å². The fraction of sp³-hybridized carbons (Fsp3) is 0.500. The topological polar surface area (TPSA) is 104 Å². The van der Waals surface area contributed by atoms with E-state index in [0.29, 0.717) is 0 Å². The van der Waals surface area contributed by atoms with Crippen molar-refractivity contribution in [1.29, 1.82) is 0 Å². The summed E-state index contributed by atoms with van der Waals surface area (Å²) in [5, 5.41) is 21.3. The van der Waals surface area contributed by atoms with Gasteiger partial charge in [-0.3, -0.25) is 0 Å². The van der Waals surface area contributed by atoms with Gasteiger partial charge < -0.3 is 21.1 Å². The molecule has 7 heavy (non-hydrogen) atoms. The molecule has 0 aromatic carbocycles. The highest BCUT2D eigenvalue weighted by atomic mass is 16.6. The molecule has 0 fully saturated rings. The highest BCUT2D eigenvalue weighted by Gasteiger charge is 1.70. The molecular weight excluding hydrogens is 102 g/mol. The third-order valence-corrected chi connectivity index (χ3v) is 0. The molecule has 44 valence electrons. The van der Waals surface area contributed by atoms with E-state index in [-0.39, 0.29) is 6.73 Å². The van der Waals surface area contributed by atoms with Gasteiger partial charge in [0.2, 0.25) is 0 Å². The molecule has 0 heterocycles. The van der Waals surface area contributed by atoms with E-state index in [2.05, 4.69) is 5.73 Å². The summed E-state index contributed by atoms with van der Waals surface area (Å²) >= 11 is 0. The number of aliphatic hydroxyl groups excluding tert-OH is 1. The number of hydrogen-bond acceptors (Lipinski definition) is 3. The third kappa shape index (κ3) is 80.5. The molecule has 0 amide bonds. The van der Waals surface area contributed by atoms with Crippen molar-refractivity contribution in [3.63, 3.8) is 0 Å². The van der Waals surface area contributed by atoms with Crippen LogP contribution in [-0.2, 0) is 0 Å². The molecule has 0 radical (unpaired) electrons. The molecule has 0 bridgehead atoms. The Morgan fingerprint density at radius 3 is 1.57 bits per heavy atom. The zero-order valence-electron chi connectivity index (χ0n) is 3.53. The highest BCUT2D eigenvalue weighted by Crippen LogP contribution is 1.42. The highest BCUT2D eigenvalue weighted by molar-refractivity contribution is 5.53. The Morgan fingerprint density at radius 1 is 1.57 bits per heavy atom. The largest absolute Gasteiger partial charge is 0.503 e. The maximum absolute atomic E-state index is 8.56. The van der Waals surface area contributed by atoms with Crippen LogP contribution in [0.25, 0.3) is 0 Å². The van der Waals surface area contributed by atoms with Gasteiger partial charge in [-0.2, -0.15) is 0 Å². The maximum atomic E-state index is 8.56. The SMILES string of the molecule is NCO.O=C(O)O. The van der Waals surface area contributed by atoms with Gasteiger partial charge in [0, 0.05) is 0 Å². The molecule has 0 aliphatic rings. The lowest BCUT2D eigenvalue weighted by Crippen LogP contribution is -1.92. The van der Waals surface area contributed by atoms with E-state index in [0.717, 1.165) is 0 Å². The van der Waals surface area contributed by atoms with Crippen LogP contribution in [0.4, 0.5) is 4.79 Å². The number of carboxylic acid groups (broad SMARTS) is 2. The zero-order chi connectivity index (χ0) is 6.28. The first-order valence-corrected chi connectivity index (χ1v) is 1.38. The summed E-state index contributed by atoms with van der Waals surface area (Å²) in [4.78, 5) is 8.56. The van der Waals surface area contributed by atoms with Gasteiger partial charge in [0.25, 0.3) is 0 Å². The summed E-state index contributed by atoms with van der Waals surface area (Å²) in [6.45, 7) is -0.250. The van der Waals surface area contributed by atoms with Crippen molar-refractivity contribution in [2.75, 3.05) is 6.73 Å². The fourth-order valence-corrected chi connectivity index (χ4v) is 0. The number of rotatable bonds is 0. The summed E-state index contributed by atoms with van der Waals surface area (Å²) in [6, 6.07) is 0. The lowest BCUT2D eigenvalue weighted by atomic mass is 11.4. The number of nitrogens with two attached hydrogens (primary N) is 1. The van der Waals surface area contributed by atoms with Gasteiger partial charge in [0.05, 0.1) is 6.73 Å². The molecular formula is C2H7NO4. The molecule has 5 nitrogen and oxygen atoms in total. The zero-order valence-corrected chi connectivity index (χ0v) is 3.53. The van der Waals surface area contributed by atoms with Gasteiger partial charge in [0.15, 0.2) is 0 Å². The Bertz CT molecular complexity index is 41.0. The molecule has 0 saturated heterocycles. The van der Waals surface area contributed by atoms with Crippen LogP contribution in [0.15, 0.2) is 0 Å². The van der Waals surface area contributed by atoms with Crippen LogP contribution < -0.4 is 5.73 Å². The molecule has 5 heteroatoms. The van der Waals surface area contributed by atoms with Crippen molar-refractivity contribution in [2.45, 2.75) is 0 Å². The Kier molecular flexibility index (Phi) is 12.1. The predicted molar refractivity (Wildman–Crippen MR) is 21.9 cm³/mol. The maximum Gasteiger partial charge on any atom is 0.503 e. The second-order valence-corrected chi connectivity index (χ2v) is 0.465. The number of aliphatic hydroxyl groups is 1. The second kappa shape index (κ2) is 8.95. The number of hydrogen-bond donors (Lipinski definition) is 4. The third-order valence-electron chi connectivity index (χ3n) is 0. The quantitative estimate of drug-likeness (QED) is 0.302. The van der Waals surface area contributed by atoms with Gasteiger partial charge >= 0.3 is 6.16 Å². The van der Waals surface area contributed by atoms with Crippen molar-refractivity contribution >= 4 is 6.16 Å². The molecule has 5 N–H and O–H groups in total. The molecule has 0 aromatic heterocycles. The Hall–Kier alpha value is -0.810. The average molecular weight is 109 g/mol. The first-order valence-electron chi connectivity index (χ1n) is 1.38. The standard InChI is InChI=1S/CH5NO.CH2O3/c2-1-3;2-1(3)4/h3H,1-2H2;(H2,2,3,4). The van der Waals surface area contributed by atoms with Crippen LogP contribution in [0.1, 0.15) is 0 Å². The fourth-order valence-electron chi connectivity index (χ4n) is 0. The van der Waals surface area contributed by atoms with Gasteiger partial charge in [0.1, 0.15) is 0 Å². The summed E-state index contributed by atoms with van der Waals surface area (Å²) in [5.41, 5.74) is 4.40. The first-order chi connectivity index (χ1) is 3.15. The van der Waals surface area contributed by atoms with Crippen molar-refractivity contribution in [3.05, 3.63) is 0 Å². The van der Waals surface area contributed by atoms with Gasteiger partial charge in [-0.1, -0.05) is 0 Å². The molecule has 0 aliphatic carbocycles. The molecule has 0 aromatic rings. The van der Waals surface area contributed by atoms with E-state index in [1.54, 1.807) is 0 Å². The summed E-state index contributed by atoms with van der Waals surface area (Å²) in [5.74, 6) is 0. The van der Waals surface area contributed by atoms with Crippen LogP contribution in [0.5, 0.6) is 0 Å². The van der Waals surface area contributed by atoms with E-state index in [9.17, 15) is 0 Å². The Labute approximate surface area is 40.0 Å². The van der Waals surface area contributed by atoms with E-state index in [1.807, 2.05) is 0 Å². The summed E-state index contributed by atoms with van der Waals surface area (Å²) in [6.07, 6.45) is -1.83. The van der Waals surface area contributed by atoms with Crippen molar-refractivity contribution in [3.8, 4) is 0 Å². The lowest BCUT2D eigenvalue weighted by Gasteiger charge is -1.60. The smallest absolute Gasteiger partial charge is 0.450 e. The van der Waals surface area contributed by atoms with Crippen LogP contribution in [0.3, 0.4) is 0 Å². The average Bonchev–Trinajstić information content (AvgIpc) is 1.33. The first kappa shape index (κ1) is 9.50. The Morgan fingerprint density at radius 2 is 1.57 bits per heavy atom. The van der Waals surface area contributed by atoms with Crippen LogP contribution in [0.2, 0.25) is 0 Å². The Balaban J connectivity index is 0. The van der Waals surface area contributed by atoms with Gasteiger partial charge in [-0.05, 0) is 0 Å².